The van der Waals surface area contributed by atoms with Crippen LogP contribution in [0, 0.1) is 19.3 Å². The molecule has 0 bridgehead atoms. The molecule has 3 aliphatic rings. The van der Waals surface area contributed by atoms with Gasteiger partial charge in [-0.15, -0.1) is 0 Å². The Bertz CT molecular complexity index is 674. The predicted octanol–water partition coefficient (Wildman–Crippen LogP) is 2.73. The Morgan fingerprint density at radius 2 is 1.96 bits per heavy atom. The minimum atomic E-state index is 0.0188. The van der Waals surface area contributed by atoms with E-state index in [1.165, 1.54) is 12.8 Å². The molecule has 1 aromatic rings. The van der Waals surface area contributed by atoms with E-state index >= 15 is 0 Å². The Balaban J connectivity index is 1.44. The molecule has 1 saturated heterocycles. The first kappa shape index (κ1) is 15.9. The highest BCUT2D eigenvalue weighted by atomic mass is 16.5. The number of nitrogens with zero attached hydrogens (tertiary/aromatic N) is 2. The topological polar surface area (TPSA) is 54.5 Å². The summed E-state index contributed by atoms with van der Waals surface area (Å²) in [6, 6.07) is 0. The SMILES string of the molecule is Cc1c(N2CCC(OCC3(C)CC3)CC2)nc2c(c1C)C(=O)NC2. The van der Waals surface area contributed by atoms with Crippen LogP contribution in [0.3, 0.4) is 0 Å². The monoisotopic (exact) mass is 329 g/mol. The van der Waals surface area contributed by atoms with Gasteiger partial charge in [0.25, 0.3) is 5.91 Å². The quantitative estimate of drug-likeness (QED) is 0.923. The van der Waals surface area contributed by atoms with E-state index in [2.05, 4.69) is 24.1 Å². The molecular weight excluding hydrogens is 302 g/mol. The third-order valence-corrected chi connectivity index (χ3v) is 5.96. The molecule has 3 heterocycles. The van der Waals surface area contributed by atoms with Crippen LogP contribution in [-0.2, 0) is 11.3 Å². The van der Waals surface area contributed by atoms with Gasteiger partial charge in [0, 0.05) is 13.1 Å². The van der Waals surface area contributed by atoms with Gasteiger partial charge in [-0.3, -0.25) is 4.79 Å². The summed E-state index contributed by atoms with van der Waals surface area (Å²) in [6.45, 7) is 9.87. The molecular formula is C19H27N3O2. The van der Waals surface area contributed by atoms with E-state index in [1.54, 1.807) is 0 Å². The third kappa shape index (κ3) is 2.79. The second kappa shape index (κ2) is 5.73. The molecule has 0 unspecified atom stereocenters. The van der Waals surface area contributed by atoms with E-state index in [9.17, 15) is 4.79 Å². The molecule has 5 heteroatoms. The van der Waals surface area contributed by atoms with Crippen molar-refractivity contribution in [3.8, 4) is 0 Å². The van der Waals surface area contributed by atoms with Gasteiger partial charge in [-0.05, 0) is 56.1 Å². The highest BCUT2D eigenvalue weighted by Crippen LogP contribution is 2.45. The van der Waals surface area contributed by atoms with Crippen molar-refractivity contribution in [3.63, 3.8) is 0 Å². The van der Waals surface area contributed by atoms with E-state index < -0.39 is 0 Å². The number of pyridine rings is 1. The molecule has 1 aromatic heterocycles. The van der Waals surface area contributed by atoms with Gasteiger partial charge in [-0.2, -0.15) is 0 Å². The molecule has 0 atom stereocenters. The second-order valence-electron chi connectivity index (χ2n) is 8.00. The van der Waals surface area contributed by atoms with Crippen molar-refractivity contribution in [3.05, 3.63) is 22.4 Å². The van der Waals surface area contributed by atoms with Gasteiger partial charge in [0.15, 0.2) is 0 Å². The van der Waals surface area contributed by atoms with Crippen LogP contribution in [-0.4, -0.2) is 36.7 Å². The molecule has 1 aliphatic carbocycles. The number of hydrogen-bond acceptors (Lipinski definition) is 4. The van der Waals surface area contributed by atoms with Crippen molar-refractivity contribution < 1.29 is 9.53 Å². The van der Waals surface area contributed by atoms with E-state index in [0.717, 1.165) is 60.7 Å². The average molecular weight is 329 g/mol. The Labute approximate surface area is 143 Å². The van der Waals surface area contributed by atoms with E-state index in [0.29, 0.717) is 18.1 Å². The summed E-state index contributed by atoms with van der Waals surface area (Å²) in [7, 11) is 0. The van der Waals surface area contributed by atoms with Crippen LogP contribution in [0.25, 0.3) is 0 Å². The maximum absolute atomic E-state index is 11.9. The summed E-state index contributed by atoms with van der Waals surface area (Å²) in [4.78, 5) is 19.1. The van der Waals surface area contributed by atoms with Crippen molar-refractivity contribution in [1.29, 1.82) is 0 Å². The summed E-state index contributed by atoms with van der Waals surface area (Å²) >= 11 is 0. The number of carbonyl (C=O) groups is 1. The molecule has 0 spiro atoms. The number of aromatic nitrogens is 1. The summed E-state index contributed by atoms with van der Waals surface area (Å²) in [5, 5.41) is 2.89. The Morgan fingerprint density at radius 3 is 2.62 bits per heavy atom. The van der Waals surface area contributed by atoms with Crippen LogP contribution in [0.5, 0.6) is 0 Å². The van der Waals surface area contributed by atoms with Crippen molar-refractivity contribution >= 4 is 11.7 Å². The van der Waals surface area contributed by atoms with Crippen molar-refractivity contribution in [2.75, 3.05) is 24.6 Å². The normalized spacial score (nSPS) is 22.5. The summed E-state index contributed by atoms with van der Waals surface area (Å²) < 4.78 is 6.13. The number of fused-ring (bicyclic) bond motifs is 1. The highest BCUT2D eigenvalue weighted by Gasteiger charge is 2.38. The number of amides is 1. The molecule has 24 heavy (non-hydrogen) atoms. The second-order valence-corrected chi connectivity index (χ2v) is 8.00. The van der Waals surface area contributed by atoms with E-state index in [1.807, 2.05) is 6.92 Å². The molecule has 1 amide bonds. The first-order valence-electron chi connectivity index (χ1n) is 9.12. The maximum Gasteiger partial charge on any atom is 0.253 e. The Hall–Kier alpha value is -1.62. The Morgan fingerprint density at radius 1 is 1.25 bits per heavy atom. The van der Waals surface area contributed by atoms with Gasteiger partial charge < -0.3 is 15.0 Å². The number of hydrogen-bond donors (Lipinski definition) is 1. The fourth-order valence-corrected chi connectivity index (χ4v) is 3.74. The molecule has 4 rings (SSSR count). The molecule has 1 N–H and O–H groups in total. The number of anilines is 1. The fourth-order valence-electron chi connectivity index (χ4n) is 3.74. The number of ether oxygens (including phenoxy) is 1. The smallest absolute Gasteiger partial charge is 0.253 e. The molecule has 0 aromatic carbocycles. The standard InChI is InChI=1S/C19H27N3O2/c1-12-13(2)17(21-15-10-20-18(23)16(12)15)22-8-4-14(5-9-22)24-11-19(3)6-7-19/h14H,4-11H2,1-3H3,(H,20,23). The molecule has 2 aliphatic heterocycles. The lowest BCUT2D eigenvalue weighted by Crippen LogP contribution is -2.38. The summed E-state index contributed by atoms with van der Waals surface area (Å²) in [5.41, 5.74) is 4.36. The maximum atomic E-state index is 11.9. The number of carbonyl (C=O) groups excluding carboxylic acids is 1. The first-order valence-corrected chi connectivity index (χ1v) is 9.12. The molecule has 0 radical (unpaired) electrons. The summed E-state index contributed by atoms with van der Waals surface area (Å²) in [5.74, 6) is 1.07. The molecule has 2 fully saturated rings. The zero-order chi connectivity index (χ0) is 16.9. The largest absolute Gasteiger partial charge is 0.378 e. The minimum absolute atomic E-state index is 0.0188. The lowest BCUT2D eigenvalue weighted by molar-refractivity contribution is 0.0127. The van der Waals surface area contributed by atoms with Crippen molar-refractivity contribution in [1.82, 2.24) is 10.3 Å². The van der Waals surface area contributed by atoms with Crippen LogP contribution in [0.1, 0.15) is 59.8 Å². The van der Waals surface area contributed by atoms with Gasteiger partial charge in [-0.1, -0.05) is 6.92 Å². The molecule has 1 saturated carbocycles. The summed E-state index contributed by atoms with van der Waals surface area (Å²) in [6.07, 6.45) is 5.14. The minimum Gasteiger partial charge on any atom is -0.378 e. The van der Waals surface area contributed by atoms with Crippen molar-refractivity contribution in [2.24, 2.45) is 5.41 Å². The zero-order valence-electron chi connectivity index (χ0n) is 14.9. The van der Waals surface area contributed by atoms with Crippen LogP contribution in [0.4, 0.5) is 5.82 Å². The number of nitrogens with one attached hydrogen (secondary N) is 1. The number of rotatable bonds is 4. The Kier molecular flexibility index (Phi) is 3.79. The highest BCUT2D eigenvalue weighted by molar-refractivity contribution is 5.99. The van der Waals surface area contributed by atoms with Crippen molar-refractivity contribution in [2.45, 2.75) is 59.1 Å². The zero-order valence-corrected chi connectivity index (χ0v) is 14.9. The van der Waals surface area contributed by atoms with Crippen LogP contribution in [0.2, 0.25) is 0 Å². The third-order valence-electron chi connectivity index (χ3n) is 5.96. The number of piperidine rings is 1. The van der Waals surface area contributed by atoms with Gasteiger partial charge in [0.05, 0.1) is 30.5 Å². The van der Waals surface area contributed by atoms with Gasteiger partial charge >= 0.3 is 0 Å². The average Bonchev–Trinajstić information content (AvgIpc) is 3.20. The lowest BCUT2D eigenvalue weighted by Gasteiger charge is -2.34. The van der Waals surface area contributed by atoms with Crippen LogP contribution >= 0.6 is 0 Å². The van der Waals surface area contributed by atoms with Crippen LogP contribution < -0.4 is 10.2 Å². The van der Waals surface area contributed by atoms with Gasteiger partial charge in [0.2, 0.25) is 0 Å². The van der Waals surface area contributed by atoms with E-state index in [-0.39, 0.29) is 5.91 Å². The van der Waals surface area contributed by atoms with Gasteiger partial charge in [0.1, 0.15) is 5.82 Å². The van der Waals surface area contributed by atoms with Crippen LogP contribution in [0.15, 0.2) is 0 Å². The molecule has 5 nitrogen and oxygen atoms in total. The van der Waals surface area contributed by atoms with E-state index in [4.69, 9.17) is 9.72 Å². The molecule has 130 valence electrons. The van der Waals surface area contributed by atoms with Gasteiger partial charge in [-0.25, -0.2) is 4.98 Å². The fraction of sp³-hybridized carbons (Fsp3) is 0.684. The first-order chi connectivity index (χ1) is 11.5. The lowest BCUT2D eigenvalue weighted by atomic mass is 10.0. The predicted molar refractivity (Wildman–Crippen MR) is 93.4 cm³/mol.